The molecule has 0 radical (unpaired) electrons. The van der Waals surface area contributed by atoms with E-state index < -0.39 is 6.10 Å². The number of benzene rings is 1. The third-order valence-corrected chi connectivity index (χ3v) is 2.81. The molecule has 0 aliphatic heterocycles. The number of rotatable bonds is 5. The minimum absolute atomic E-state index is 0.362. The summed E-state index contributed by atoms with van der Waals surface area (Å²) in [5.74, 6) is 0.429. The summed E-state index contributed by atoms with van der Waals surface area (Å²) in [6.07, 6.45) is -0.319. The van der Waals surface area contributed by atoms with Gasteiger partial charge in [0.05, 0.1) is 7.11 Å². The standard InChI is InChI=1S/C12H16BrNO3/c1-8(15)12(16)14-6-5-9-7-10(13)3-4-11(9)17-2/h3-4,7-8,15H,5-6H2,1-2H3,(H,14,16). The summed E-state index contributed by atoms with van der Waals surface area (Å²) >= 11 is 3.39. The van der Waals surface area contributed by atoms with Gasteiger partial charge in [0.15, 0.2) is 0 Å². The van der Waals surface area contributed by atoms with Crippen LogP contribution in [0.3, 0.4) is 0 Å². The predicted octanol–water partition coefficient (Wildman–Crippen LogP) is 1.50. The molecule has 0 spiro atoms. The van der Waals surface area contributed by atoms with Gasteiger partial charge < -0.3 is 15.2 Å². The summed E-state index contributed by atoms with van der Waals surface area (Å²) in [5.41, 5.74) is 1.01. The van der Waals surface area contributed by atoms with E-state index in [4.69, 9.17) is 9.84 Å². The molecule has 1 aromatic rings. The van der Waals surface area contributed by atoms with Gasteiger partial charge in [-0.05, 0) is 37.1 Å². The lowest BCUT2D eigenvalue weighted by Crippen LogP contribution is -2.33. The van der Waals surface area contributed by atoms with Gasteiger partial charge in [-0.1, -0.05) is 15.9 Å². The number of halogens is 1. The lowest BCUT2D eigenvalue weighted by Gasteiger charge is -2.10. The van der Waals surface area contributed by atoms with Crippen molar-refractivity contribution in [2.45, 2.75) is 19.4 Å². The quantitative estimate of drug-likeness (QED) is 0.866. The lowest BCUT2D eigenvalue weighted by atomic mass is 10.1. The molecule has 2 N–H and O–H groups in total. The highest BCUT2D eigenvalue weighted by Crippen LogP contribution is 2.23. The number of hydrogen-bond acceptors (Lipinski definition) is 3. The molecule has 0 saturated heterocycles. The van der Waals surface area contributed by atoms with Crippen LogP contribution in [0.15, 0.2) is 22.7 Å². The minimum atomic E-state index is -0.973. The molecule has 17 heavy (non-hydrogen) atoms. The highest BCUT2D eigenvalue weighted by molar-refractivity contribution is 9.10. The first-order valence-corrected chi connectivity index (χ1v) is 6.12. The maximum atomic E-state index is 11.2. The zero-order valence-electron chi connectivity index (χ0n) is 9.87. The molecule has 94 valence electrons. The first-order valence-electron chi connectivity index (χ1n) is 5.32. The van der Waals surface area contributed by atoms with E-state index in [9.17, 15) is 4.79 Å². The predicted molar refractivity (Wildman–Crippen MR) is 69.1 cm³/mol. The summed E-state index contributed by atoms with van der Waals surface area (Å²) in [6.45, 7) is 1.91. The molecule has 5 heteroatoms. The van der Waals surface area contributed by atoms with Gasteiger partial charge in [0, 0.05) is 11.0 Å². The molecule has 1 rings (SSSR count). The van der Waals surface area contributed by atoms with Crippen LogP contribution in [0.1, 0.15) is 12.5 Å². The van der Waals surface area contributed by atoms with Gasteiger partial charge in [0.1, 0.15) is 11.9 Å². The van der Waals surface area contributed by atoms with Crippen molar-refractivity contribution in [1.82, 2.24) is 5.32 Å². The molecule has 1 unspecified atom stereocenters. The average molecular weight is 302 g/mol. The monoisotopic (exact) mass is 301 g/mol. The molecular formula is C12H16BrNO3. The molecule has 0 aromatic heterocycles. The van der Waals surface area contributed by atoms with Crippen molar-refractivity contribution in [2.24, 2.45) is 0 Å². The van der Waals surface area contributed by atoms with Crippen molar-refractivity contribution in [3.63, 3.8) is 0 Å². The normalized spacial score (nSPS) is 12.0. The fourth-order valence-electron chi connectivity index (χ4n) is 1.41. The fourth-order valence-corrected chi connectivity index (χ4v) is 1.82. The van der Waals surface area contributed by atoms with Crippen LogP contribution in [-0.4, -0.2) is 30.8 Å². The van der Waals surface area contributed by atoms with Crippen LogP contribution < -0.4 is 10.1 Å². The van der Waals surface area contributed by atoms with E-state index in [0.29, 0.717) is 13.0 Å². The van der Waals surface area contributed by atoms with E-state index in [2.05, 4.69) is 21.2 Å². The second kappa shape index (κ2) is 6.61. The van der Waals surface area contributed by atoms with Crippen LogP contribution in [-0.2, 0) is 11.2 Å². The number of hydrogen-bond donors (Lipinski definition) is 2. The van der Waals surface area contributed by atoms with Crippen LogP contribution in [0.4, 0.5) is 0 Å². The number of amides is 1. The molecule has 0 saturated carbocycles. The number of carbonyl (C=O) groups is 1. The Kier molecular flexibility index (Phi) is 5.44. The third kappa shape index (κ3) is 4.36. The zero-order chi connectivity index (χ0) is 12.8. The average Bonchev–Trinajstić information content (AvgIpc) is 2.29. The Bertz CT molecular complexity index is 393. The summed E-state index contributed by atoms with van der Waals surface area (Å²) in [5, 5.41) is 11.7. The zero-order valence-corrected chi connectivity index (χ0v) is 11.5. The maximum Gasteiger partial charge on any atom is 0.248 e. The van der Waals surface area contributed by atoms with Gasteiger partial charge in [-0.3, -0.25) is 4.79 Å². The summed E-state index contributed by atoms with van der Waals surface area (Å²) in [4.78, 5) is 11.2. The Morgan fingerprint density at radius 3 is 2.88 bits per heavy atom. The molecular weight excluding hydrogens is 286 g/mol. The molecule has 0 aliphatic rings. The number of carbonyl (C=O) groups excluding carboxylic acids is 1. The van der Waals surface area contributed by atoms with Crippen LogP contribution in [0.2, 0.25) is 0 Å². The van der Waals surface area contributed by atoms with Crippen LogP contribution >= 0.6 is 15.9 Å². The number of aliphatic hydroxyl groups excluding tert-OH is 1. The molecule has 1 amide bonds. The van der Waals surface area contributed by atoms with Crippen molar-refractivity contribution in [3.8, 4) is 5.75 Å². The number of ether oxygens (including phenoxy) is 1. The molecule has 0 aliphatic carbocycles. The van der Waals surface area contributed by atoms with Crippen LogP contribution in [0, 0.1) is 0 Å². The Balaban J connectivity index is 2.56. The number of aliphatic hydroxyl groups is 1. The highest BCUT2D eigenvalue weighted by atomic mass is 79.9. The second-order valence-electron chi connectivity index (χ2n) is 3.67. The third-order valence-electron chi connectivity index (χ3n) is 2.32. The van der Waals surface area contributed by atoms with E-state index in [1.807, 2.05) is 18.2 Å². The van der Waals surface area contributed by atoms with Crippen molar-refractivity contribution in [3.05, 3.63) is 28.2 Å². The summed E-state index contributed by atoms with van der Waals surface area (Å²) < 4.78 is 6.19. The van der Waals surface area contributed by atoms with Gasteiger partial charge in [-0.15, -0.1) is 0 Å². The van der Waals surface area contributed by atoms with Crippen molar-refractivity contribution in [2.75, 3.05) is 13.7 Å². The first kappa shape index (κ1) is 14.0. The summed E-state index contributed by atoms with van der Waals surface area (Å²) in [7, 11) is 1.61. The van der Waals surface area contributed by atoms with E-state index in [0.717, 1.165) is 15.8 Å². The topological polar surface area (TPSA) is 58.6 Å². The van der Waals surface area contributed by atoms with Gasteiger partial charge in [0.25, 0.3) is 0 Å². The molecule has 0 fully saturated rings. The maximum absolute atomic E-state index is 11.2. The largest absolute Gasteiger partial charge is 0.496 e. The van der Waals surface area contributed by atoms with Crippen molar-refractivity contribution >= 4 is 21.8 Å². The number of nitrogens with one attached hydrogen (secondary N) is 1. The molecule has 0 heterocycles. The van der Waals surface area contributed by atoms with E-state index in [1.54, 1.807) is 7.11 Å². The van der Waals surface area contributed by atoms with E-state index in [-0.39, 0.29) is 5.91 Å². The van der Waals surface area contributed by atoms with Crippen LogP contribution in [0.5, 0.6) is 5.75 Å². The van der Waals surface area contributed by atoms with Gasteiger partial charge in [-0.25, -0.2) is 0 Å². The Morgan fingerprint density at radius 2 is 2.29 bits per heavy atom. The Labute approximate surface area is 109 Å². The van der Waals surface area contributed by atoms with Crippen molar-refractivity contribution in [1.29, 1.82) is 0 Å². The SMILES string of the molecule is COc1ccc(Br)cc1CCNC(=O)C(C)O. The van der Waals surface area contributed by atoms with Gasteiger partial charge in [-0.2, -0.15) is 0 Å². The molecule has 4 nitrogen and oxygen atoms in total. The summed E-state index contributed by atoms with van der Waals surface area (Å²) in [6, 6.07) is 5.72. The first-order chi connectivity index (χ1) is 8.04. The Morgan fingerprint density at radius 1 is 1.59 bits per heavy atom. The number of methoxy groups -OCH3 is 1. The van der Waals surface area contributed by atoms with Crippen molar-refractivity contribution < 1.29 is 14.6 Å². The highest BCUT2D eigenvalue weighted by Gasteiger charge is 2.08. The molecule has 1 atom stereocenters. The van der Waals surface area contributed by atoms with Gasteiger partial charge >= 0.3 is 0 Å². The smallest absolute Gasteiger partial charge is 0.248 e. The van der Waals surface area contributed by atoms with E-state index in [1.165, 1.54) is 6.92 Å². The minimum Gasteiger partial charge on any atom is -0.496 e. The van der Waals surface area contributed by atoms with E-state index >= 15 is 0 Å². The van der Waals surface area contributed by atoms with Crippen LogP contribution in [0.25, 0.3) is 0 Å². The molecule has 1 aromatic carbocycles. The fraction of sp³-hybridized carbons (Fsp3) is 0.417. The van der Waals surface area contributed by atoms with Gasteiger partial charge in [0.2, 0.25) is 5.91 Å². The lowest BCUT2D eigenvalue weighted by molar-refractivity contribution is -0.128. The Hall–Kier alpha value is -1.07. The molecule has 0 bridgehead atoms. The second-order valence-corrected chi connectivity index (χ2v) is 4.59.